The van der Waals surface area contributed by atoms with Crippen molar-refractivity contribution in [3.8, 4) is 0 Å². The normalized spacial score (nSPS) is 10.2. The molecule has 3 nitrogen and oxygen atoms in total. The maximum absolute atomic E-state index is 10.9. The summed E-state index contributed by atoms with van der Waals surface area (Å²) in [5.41, 5.74) is 3.83. The van der Waals surface area contributed by atoms with Crippen LogP contribution in [0.1, 0.15) is 23.1 Å². The van der Waals surface area contributed by atoms with Gasteiger partial charge in [-0.05, 0) is 25.0 Å². The highest BCUT2D eigenvalue weighted by molar-refractivity contribution is 5.69. The van der Waals surface area contributed by atoms with Gasteiger partial charge in [0.25, 0.3) is 0 Å². The fourth-order valence-electron chi connectivity index (χ4n) is 1.56. The van der Waals surface area contributed by atoms with Gasteiger partial charge in [-0.3, -0.25) is 4.79 Å². The summed E-state index contributed by atoms with van der Waals surface area (Å²) in [4.78, 5) is 10.9. The molecule has 0 saturated carbocycles. The van der Waals surface area contributed by atoms with Gasteiger partial charge in [0.2, 0.25) is 0 Å². The highest BCUT2D eigenvalue weighted by Gasteiger charge is 2.00. The number of hydrogen-bond acceptors (Lipinski definition) is 3. The minimum absolute atomic E-state index is 0.173. The van der Waals surface area contributed by atoms with Gasteiger partial charge in [0.15, 0.2) is 0 Å². The van der Waals surface area contributed by atoms with Gasteiger partial charge in [0.05, 0.1) is 13.5 Å². The molecule has 0 saturated heterocycles. The Hall–Kier alpha value is -1.35. The van der Waals surface area contributed by atoms with Gasteiger partial charge in [-0.25, -0.2) is 0 Å². The van der Waals surface area contributed by atoms with Crippen LogP contribution >= 0.6 is 0 Å². The van der Waals surface area contributed by atoms with Gasteiger partial charge < -0.3 is 10.1 Å². The average molecular weight is 221 g/mol. The van der Waals surface area contributed by atoms with Gasteiger partial charge in [-0.1, -0.05) is 23.8 Å². The van der Waals surface area contributed by atoms with Crippen LogP contribution in [0.2, 0.25) is 0 Å². The minimum atomic E-state index is -0.173. The van der Waals surface area contributed by atoms with Crippen LogP contribution in [0.25, 0.3) is 0 Å². The molecule has 0 bridgehead atoms. The lowest BCUT2D eigenvalue weighted by Crippen LogP contribution is -2.18. The number of carbonyl (C=O) groups excluding carboxylic acids is 1. The molecule has 0 amide bonds. The minimum Gasteiger partial charge on any atom is -0.469 e. The molecule has 16 heavy (non-hydrogen) atoms. The SMILES string of the molecule is COC(=O)CCNCc1ccc(C)cc1C. The second-order valence-electron chi connectivity index (χ2n) is 3.93. The summed E-state index contributed by atoms with van der Waals surface area (Å²) < 4.78 is 4.56. The van der Waals surface area contributed by atoms with E-state index in [2.05, 4.69) is 42.1 Å². The van der Waals surface area contributed by atoms with Crippen LogP contribution in [0, 0.1) is 13.8 Å². The Kier molecular flexibility index (Phi) is 4.99. The number of nitrogens with one attached hydrogen (secondary N) is 1. The number of aryl methyl sites for hydroxylation is 2. The van der Waals surface area contributed by atoms with Gasteiger partial charge in [-0.15, -0.1) is 0 Å². The predicted molar refractivity (Wildman–Crippen MR) is 64.3 cm³/mol. The third kappa shape index (κ3) is 4.03. The number of hydrogen-bond donors (Lipinski definition) is 1. The molecule has 1 aromatic rings. The first-order valence-electron chi connectivity index (χ1n) is 5.47. The number of carbonyl (C=O) groups is 1. The van der Waals surface area contributed by atoms with Gasteiger partial charge in [-0.2, -0.15) is 0 Å². The van der Waals surface area contributed by atoms with Gasteiger partial charge in [0, 0.05) is 13.1 Å². The van der Waals surface area contributed by atoms with Crippen LogP contribution in [0.5, 0.6) is 0 Å². The monoisotopic (exact) mass is 221 g/mol. The third-order valence-electron chi connectivity index (χ3n) is 2.55. The van der Waals surface area contributed by atoms with Crippen molar-refractivity contribution in [1.29, 1.82) is 0 Å². The lowest BCUT2D eigenvalue weighted by molar-refractivity contribution is -0.140. The number of ether oxygens (including phenoxy) is 1. The van der Waals surface area contributed by atoms with Crippen molar-refractivity contribution in [2.24, 2.45) is 0 Å². The first kappa shape index (κ1) is 12.7. The maximum Gasteiger partial charge on any atom is 0.306 e. The van der Waals surface area contributed by atoms with E-state index in [1.165, 1.54) is 23.8 Å². The molecule has 0 spiro atoms. The van der Waals surface area contributed by atoms with Gasteiger partial charge in [0.1, 0.15) is 0 Å². The summed E-state index contributed by atoms with van der Waals surface area (Å²) in [6.45, 7) is 5.63. The van der Waals surface area contributed by atoms with E-state index in [1.807, 2.05) is 0 Å². The average Bonchev–Trinajstić information content (AvgIpc) is 2.26. The zero-order valence-electron chi connectivity index (χ0n) is 10.2. The third-order valence-corrected chi connectivity index (χ3v) is 2.55. The molecule has 0 radical (unpaired) electrons. The van der Waals surface area contributed by atoms with E-state index in [9.17, 15) is 4.79 Å². The molecule has 3 heteroatoms. The fourth-order valence-corrected chi connectivity index (χ4v) is 1.56. The summed E-state index contributed by atoms with van der Waals surface area (Å²) >= 11 is 0. The number of benzene rings is 1. The second kappa shape index (κ2) is 6.28. The first-order chi connectivity index (χ1) is 7.63. The van der Waals surface area contributed by atoms with E-state index in [0.29, 0.717) is 13.0 Å². The van der Waals surface area contributed by atoms with E-state index in [0.717, 1.165) is 6.54 Å². The molecular formula is C13H19NO2. The smallest absolute Gasteiger partial charge is 0.306 e. The van der Waals surface area contributed by atoms with E-state index in [-0.39, 0.29) is 5.97 Å². The van der Waals surface area contributed by atoms with E-state index in [4.69, 9.17) is 0 Å². The second-order valence-corrected chi connectivity index (χ2v) is 3.93. The fraction of sp³-hybridized carbons (Fsp3) is 0.462. The van der Waals surface area contributed by atoms with Crippen molar-refractivity contribution in [3.63, 3.8) is 0 Å². The van der Waals surface area contributed by atoms with Crippen LogP contribution < -0.4 is 5.32 Å². The van der Waals surface area contributed by atoms with Crippen LogP contribution in [0.4, 0.5) is 0 Å². The quantitative estimate of drug-likeness (QED) is 0.610. The van der Waals surface area contributed by atoms with Crippen LogP contribution in [-0.2, 0) is 16.1 Å². The highest BCUT2D eigenvalue weighted by Crippen LogP contribution is 2.09. The first-order valence-corrected chi connectivity index (χ1v) is 5.47. The van der Waals surface area contributed by atoms with Gasteiger partial charge >= 0.3 is 5.97 Å². The maximum atomic E-state index is 10.9. The van der Waals surface area contributed by atoms with Crippen LogP contribution in [-0.4, -0.2) is 19.6 Å². The van der Waals surface area contributed by atoms with Crippen molar-refractivity contribution in [2.75, 3.05) is 13.7 Å². The summed E-state index contributed by atoms with van der Waals surface area (Å²) in [6, 6.07) is 6.39. The lowest BCUT2D eigenvalue weighted by atomic mass is 10.1. The Morgan fingerprint density at radius 2 is 2.12 bits per heavy atom. The number of esters is 1. The standard InChI is InChI=1S/C13H19NO2/c1-10-4-5-12(11(2)8-10)9-14-7-6-13(15)16-3/h4-5,8,14H,6-7,9H2,1-3H3. The largest absolute Gasteiger partial charge is 0.469 e. The lowest BCUT2D eigenvalue weighted by Gasteiger charge is -2.08. The topological polar surface area (TPSA) is 38.3 Å². The molecule has 1 rings (SSSR count). The van der Waals surface area contributed by atoms with Crippen molar-refractivity contribution in [3.05, 3.63) is 34.9 Å². The number of methoxy groups -OCH3 is 1. The molecule has 1 N–H and O–H groups in total. The Morgan fingerprint density at radius 3 is 2.75 bits per heavy atom. The zero-order chi connectivity index (χ0) is 12.0. The van der Waals surface area contributed by atoms with Crippen molar-refractivity contribution in [2.45, 2.75) is 26.8 Å². The molecule has 0 aliphatic heterocycles. The zero-order valence-corrected chi connectivity index (χ0v) is 10.2. The Morgan fingerprint density at radius 1 is 1.38 bits per heavy atom. The molecule has 0 heterocycles. The van der Waals surface area contributed by atoms with E-state index >= 15 is 0 Å². The Labute approximate surface area is 96.8 Å². The molecule has 1 aromatic carbocycles. The van der Waals surface area contributed by atoms with Crippen LogP contribution in [0.3, 0.4) is 0 Å². The van der Waals surface area contributed by atoms with Crippen molar-refractivity contribution in [1.82, 2.24) is 5.32 Å². The summed E-state index contributed by atoms with van der Waals surface area (Å²) in [5, 5.41) is 3.23. The van der Waals surface area contributed by atoms with E-state index in [1.54, 1.807) is 0 Å². The predicted octanol–water partition coefficient (Wildman–Crippen LogP) is 1.96. The molecule has 0 aromatic heterocycles. The number of rotatable bonds is 5. The van der Waals surface area contributed by atoms with E-state index < -0.39 is 0 Å². The molecule has 88 valence electrons. The summed E-state index contributed by atoms with van der Waals surface area (Å²) in [6.07, 6.45) is 0.418. The van der Waals surface area contributed by atoms with Crippen molar-refractivity contribution < 1.29 is 9.53 Å². The molecule has 0 atom stereocenters. The molecular weight excluding hydrogens is 202 g/mol. The Bertz CT molecular complexity index is 361. The molecule has 0 aliphatic carbocycles. The summed E-state index contributed by atoms with van der Waals surface area (Å²) in [7, 11) is 1.41. The molecule has 0 fully saturated rings. The highest BCUT2D eigenvalue weighted by atomic mass is 16.5. The molecule has 0 aliphatic rings. The Balaban J connectivity index is 2.35. The van der Waals surface area contributed by atoms with Crippen LogP contribution in [0.15, 0.2) is 18.2 Å². The molecule has 0 unspecified atom stereocenters. The summed E-state index contributed by atoms with van der Waals surface area (Å²) in [5.74, 6) is -0.173. The van der Waals surface area contributed by atoms with Crippen molar-refractivity contribution >= 4 is 5.97 Å².